The summed E-state index contributed by atoms with van der Waals surface area (Å²) in [5, 5.41) is 2.47. The molecule has 0 atom stereocenters. The third-order valence-corrected chi connectivity index (χ3v) is 18.5. The average Bonchev–Trinajstić information content (AvgIpc) is 2.02. The van der Waals surface area contributed by atoms with Gasteiger partial charge in [-0.1, -0.05) is 231 Å². The number of aromatic nitrogens is 1. The van der Waals surface area contributed by atoms with Crippen LogP contribution in [-0.2, 0) is 10.8 Å². The predicted molar refractivity (Wildman–Crippen MR) is 341 cm³/mol. The van der Waals surface area contributed by atoms with Gasteiger partial charge in [0.05, 0.1) is 21.9 Å². The Hall–Kier alpha value is -10.3. The summed E-state index contributed by atoms with van der Waals surface area (Å²) < 4.78 is 2.45. The van der Waals surface area contributed by atoms with Crippen molar-refractivity contribution in [2.45, 2.75) is 23.7 Å². The van der Waals surface area contributed by atoms with Gasteiger partial charge in [-0.15, -0.1) is 0 Å². The van der Waals surface area contributed by atoms with Crippen molar-refractivity contribution in [1.29, 1.82) is 0 Å². The third-order valence-electron chi connectivity index (χ3n) is 18.5. The average molecular weight is 1040 g/mol. The normalized spacial score (nSPS) is 14.5. The second kappa shape index (κ2) is 18.1. The van der Waals surface area contributed by atoms with E-state index in [0.29, 0.717) is 0 Å². The van der Waals surface area contributed by atoms with Gasteiger partial charge < -0.3 is 9.47 Å². The molecule has 0 unspecified atom stereocenters. The van der Waals surface area contributed by atoms with E-state index in [4.69, 9.17) is 0 Å². The fourth-order valence-electron chi connectivity index (χ4n) is 15.1. The molecular formula is C80H54N2. The number of hydrogen-bond donors (Lipinski definition) is 0. The number of hydrogen-bond acceptors (Lipinski definition) is 1. The molecule has 4 aliphatic rings. The zero-order valence-electron chi connectivity index (χ0n) is 45.2. The number of nitrogens with zero attached hydrogens (tertiary/aromatic N) is 2. The summed E-state index contributed by atoms with van der Waals surface area (Å²) in [5.41, 5.74) is 29.1. The van der Waals surface area contributed by atoms with E-state index in [1.807, 2.05) is 0 Å². The van der Waals surface area contributed by atoms with Gasteiger partial charge in [0.25, 0.3) is 0 Å². The predicted octanol–water partition coefficient (Wildman–Crippen LogP) is 20.5. The Morgan fingerprint density at radius 2 is 0.732 bits per heavy atom. The Bertz CT molecular complexity index is 4680. The molecule has 0 bridgehead atoms. The van der Waals surface area contributed by atoms with E-state index < -0.39 is 10.8 Å². The van der Waals surface area contributed by atoms with Gasteiger partial charge in [-0.2, -0.15) is 0 Å². The van der Waals surface area contributed by atoms with Crippen LogP contribution in [0.2, 0.25) is 0 Å². The van der Waals surface area contributed by atoms with Gasteiger partial charge in [-0.05, 0) is 186 Å². The monoisotopic (exact) mass is 1040 g/mol. The smallest absolute Gasteiger partial charge is 0.0726 e. The molecule has 2 nitrogen and oxygen atoms in total. The van der Waals surface area contributed by atoms with Crippen molar-refractivity contribution in [2.24, 2.45) is 0 Å². The minimum absolute atomic E-state index is 0.457. The topological polar surface area (TPSA) is 8.17 Å². The lowest BCUT2D eigenvalue weighted by molar-refractivity contribution is 0.753. The van der Waals surface area contributed by atoms with Gasteiger partial charge in [-0.25, -0.2) is 0 Å². The molecule has 2 heteroatoms. The summed E-state index contributed by atoms with van der Waals surface area (Å²) in [6.45, 7) is 0. The number of para-hydroxylation sites is 1. The fourth-order valence-corrected chi connectivity index (χ4v) is 15.1. The van der Waals surface area contributed by atoms with Crippen molar-refractivity contribution >= 4 is 38.9 Å². The number of rotatable bonds is 8. The van der Waals surface area contributed by atoms with Crippen molar-refractivity contribution in [3.8, 4) is 61.3 Å². The van der Waals surface area contributed by atoms with Crippen LogP contribution in [0.3, 0.4) is 0 Å². The fraction of sp³-hybridized carbons (Fsp3) is 0.0500. The van der Waals surface area contributed by atoms with Crippen molar-refractivity contribution < 1.29 is 0 Å². The highest BCUT2D eigenvalue weighted by molar-refractivity contribution is 6.11. The molecule has 82 heavy (non-hydrogen) atoms. The molecule has 17 rings (SSSR count). The molecule has 0 radical (unpaired) electrons. The first-order chi connectivity index (χ1) is 40.7. The Morgan fingerprint density at radius 3 is 1.27 bits per heavy atom. The van der Waals surface area contributed by atoms with Gasteiger partial charge in [0.2, 0.25) is 0 Å². The molecule has 0 fully saturated rings. The molecule has 4 aliphatic carbocycles. The van der Waals surface area contributed by atoms with Crippen LogP contribution in [0.1, 0.15) is 51.8 Å². The lowest BCUT2D eigenvalue weighted by Gasteiger charge is -2.35. The molecule has 1 spiro atoms. The highest BCUT2D eigenvalue weighted by atomic mass is 15.1. The molecule has 0 saturated carbocycles. The first-order valence-electron chi connectivity index (χ1n) is 28.9. The van der Waals surface area contributed by atoms with Crippen LogP contribution in [0.5, 0.6) is 0 Å². The Labute approximate surface area is 478 Å². The summed E-state index contributed by atoms with van der Waals surface area (Å²) in [6, 6.07) is 107. The summed E-state index contributed by atoms with van der Waals surface area (Å²) in [6.07, 6.45) is 9.35. The minimum atomic E-state index is -0.462. The summed E-state index contributed by atoms with van der Waals surface area (Å²) >= 11 is 0. The van der Waals surface area contributed by atoms with Crippen LogP contribution in [0, 0.1) is 0 Å². The van der Waals surface area contributed by atoms with Crippen molar-refractivity contribution in [3.63, 3.8) is 0 Å². The van der Waals surface area contributed by atoms with E-state index >= 15 is 0 Å². The van der Waals surface area contributed by atoms with Gasteiger partial charge in [-0.3, -0.25) is 0 Å². The SMILES string of the molecule is C1=CC(C2(c3ccc4c(c3)c3cc(-c5ccc(N(c6ccc(-c7ccccc7)cc6)c6ccc7c(c6)C6(c8ccccc8-c8ccccc86)c6ccccc6-7)cc5)ccc3n4-c3ccccc3)c3ccccc3-c3ccccc32)=CCC1. The molecule has 0 amide bonds. The molecule has 13 aromatic rings. The van der Waals surface area contributed by atoms with Crippen LogP contribution >= 0.6 is 0 Å². The Balaban J connectivity index is 0.829. The molecule has 0 aliphatic heterocycles. The Morgan fingerprint density at radius 1 is 0.305 bits per heavy atom. The number of benzene rings is 12. The van der Waals surface area contributed by atoms with Crippen LogP contribution in [0.25, 0.3) is 83.1 Å². The van der Waals surface area contributed by atoms with Gasteiger partial charge in [0.15, 0.2) is 0 Å². The van der Waals surface area contributed by atoms with Crippen molar-refractivity contribution in [2.75, 3.05) is 4.90 Å². The molecule has 12 aromatic carbocycles. The number of fused-ring (bicyclic) bond motifs is 16. The van der Waals surface area contributed by atoms with E-state index in [9.17, 15) is 0 Å². The zero-order chi connectivity index (χ0) is 53.9. The van der Waals surface area contributed by atoms with E-state index in [-0.39, 0.29) is 0 Å². The van der Waals surface area contributed by atoms with Crippen LogP contribution in [0.15, 0.2) is 309 Å². The number of allylic oxidation sites excluding steroid dienone is 4. The first-order valence-corrected chi connectivity index (χ1v) is 28.9. The van der Waals surface area contributed by atoms with E-state index in [0.717, 1.165) is 41.2 Å². The molecule has 0 N–H and O–H groups in total. The summed E-state index contributed by atoms with van der Waals surface area (Å²) in [5.74, 6) is 0. The van der Waals surface area contributed by atoms with Crippen molar-refractivity contribution in [3.05, 3.63) is 348 Å². The maximum absolute atomic E-state index is 2.52. The Kier molecular flexibility index (Phi) is 10.3. The van der Waals surface area contributed by atoms with Gasteiger partial charge >= 0.3 is 0 Å². The first kappa shape index (κ1) is 46.6. The van der Waals surface area contributed by atoms with E-state index in [1.165, 1.54) is 116 Å². The molecule has 0 saturated heterocycles. The lowest BCUT2D eigenvalue weighted by atomic mass is 9.66. The maximum Gasteiger partial charge on any atom is 0.0726 e. The third kappa shape index (κ3) is 6.58. The maximum atomic E-state index is 2.52. The second-order valence-electron chi connectivity index (χ2n) is 22.5. The zero-order valence-corrected chi connectivity index (χ0v) is 45.2. The quantitative estimate of drug-likeness (QED) is 0.147. The minimum Gasteiger partial charge on any atom is -0.310 e. The molecule has 1 heterocycles. The molecular weight excluding hydrogens is 989 g/mol. The highest BCUT2D eigenvalue weighted by Crippen LogP contribution is 2.64. The van der Waals surface area contributed by atoms with Crippen LogP contribution in [0.4, 0.5) is 17.1 Å². The van der Waals surface area contributed by atoms with Gasteiger partial charge in [0.1, 0.15) is 0 Å². The van der Waals surface area contributed by atoms with E-state index in [1.54, 1.807) is 0 Å². The van der Waals surface area contributed by atoms with Crippen molar-refractivity contribution in [1.82, 2.24) is 4.57 Å². The number of anilines is 3. The van der Waals surface area contributed by atoms with Crippen LogP contribution < -0.4 is 4.90 Å². The molecule has 1 aromatic heterocycles. The summed E-state index contributed by atoms with van der Waals surface area (Å²) in [4.78, 5) is 2.45. The van der Waals surface area contributed by atoms with Gasteiger partial charge in [0, 0.05) is 33.5 Å². The van der Waals surface area contributed by atoms with E-state index in [2.05, 4.69) is 313 Å². The van der Waals surface area contributed by atoms with Crippen LogP contribution in [-0.4, -0.2) is 4.57 Å². The molecule has 384 valence electrons. The highest BCUT2D eigenvalue weighted by Gasteiger charge is 2.52. The largest absolute Gasteiger partial charge is 0.310 e. The standard InChI is InChI=1S/C80H54N2/c1-4-20-53(21-5-1)54-36-42-60(43-37-54)81(62-46-47-68-67-30-14-19-35-75(67)80(76(68)52-62)73-33-17-12-28-65(73)66-29-13-18-34-74(66)80)61-44-38-55(39-45-61)56-40-48-77-69(50-56)70-51-58(41-49-78(70)82(77)59-24-8-3-9-25-59)79(57-22-6-2-7-23-57)71-31-15-10-26-63(71)64-27-11-16-32-72(64)79/h1,3-6,8-52H,2,7H2. The second-order valence-corrected chi connectivity index (χ2v) is 22.5. The summed E-state index contributed by atoms with van der Waals surface area (Å²) in [7, 11) is 0. The lowest BCUT2D eigenvalue weighted by Crippen LogP contribution is -2.29.